The Bertz CT molecular complexity index is 1170. The number of nitrogens with zero attached hydrogens (tertiary/aromatic N) is 5. The van der Waals surface area contributed by atoms with E-state index in [9.17, 15) is 22.0 Å². The predicted molar refractivity (Wildman–Crippen MR) is 106 cm³/mol. The van der Waals surface area contributed by atoms with Gasteiger partial charge in [0.1, 0.15) is 5.82 Å². The van der Waals surface area contributed by atoms with Crippen LogP contribution >= 0.6 is 0 Å². The number of fused-ring (bicyclic) bond motifs is 3. The van der Waals surface area contributed by atoms with Gasteiger partial charge in [0.05, 0.1) is 5.56 Å². The van der Waals surface area contributed by atoms with Gasteiger partial charge in [-0.15, -0.1) is 20.4 Å². The molecule has 2 bridgehead atoms. The normalized spacial score (nSPS) is 25.5. The summed E-state index contributed by atoms with van der Waals surface area (Å²) >= 11 is 0. The Morgan fingerprint density at radius 3 is 2.03 bits per heavy atom. The molecule has 3 aliphatic rings. The largest absolute Gasteiger partial charge is 0.419 e. The Balaban J connectivity index is 1.44. The van der Waals surface area contributed by atoms with Crippen molar-refractivity contribution in [1.29, 1.82) is 0 Å². The van der Waals surface area contributed by atoms with Crippen LogP contribution in [0.15, 0.2) is 28.7 Å². The molecule has 11 heteroatoms. The first-order chi connectivity index (χ1) is 15.5. The van der Waals surface area contributed by atoms with Crippen molar-refractivity contribution in [3.63, 3.8) is 0 Å². The van der Waals surface area contributed by atoms with E-state index in [4.69, 9.17) is 4.42 Å². The SMILES string of the molecule is Cn1c(-c2ccccc2C(F)(F)F)nnc1C12CCC(c3nnc(C(C)(F)F)o3)(CC1)CC2. The molecule has 2 aromatic heterocycles. The van der Waals surface area contributed by atoms with E-state index in [1.165, 1.54) is 12.1 Å². The van der Waals surface area contributed by atoms with E-state index in [2.05, 4.69) is 20.4 Å². The van der Waals surface area contributed by atoms with Gasteiger partial charge in [-0.25, -0.2) is 0 Å². The lowest BCUT2D eigenvalue weighted by Gasteiger charge is -2.51. The molecule has 176 valence electrons. The van der Waals surface area contributed by atoms with E-state index in [1.807, 2.05) is 0 Å². The molecule has 0 amide bonds. The van der Waals surface area contributed by atoms with Gasteiger partial charge in [-0.1, -0.05) is 18.2 Å². The van der Waals surface area contributed by atoms with E-state index in [-0.39, 0.29) is 22.7 Å². The molecule has 0 aliphatic heterocycles. The third-order valence-corrected chi connectivity index (χ3v) is 7.32. The first-order valence-corrected chi connectivity index (χ1v) is 10.7. The Kier molecular flexibility index (Phi) is 4.71. The molecule has 3 aliphatic carbocycles. The van der Waals surface area contributed by atoms with Gasteiger partial charge in [0.25, 0.3) is 5.89 Å². The van der Waals surface area contributed by atoms with Crippen molar-refractivity contribution >= 4 is 0 Å². The number of aromatic nitrogens is 5. The van der Waals surface area contributed by atoms with Crippen molar-refractivity contribution < 1.29 is 26.4 Å². The van der Waals surface area contributed by atoms with Crippen molar-refractivity contribution in [2.24, 2.45) is 7.05 Å². The number of benzene rings is 1. The van der Waals surface area contributed by atoms with E-state index in [1.54, 1.807) is 17.7 Å². The molecular formula is C22H22F5N5O. The van der Waals surface area contributed by atoms with Crippen LogP contribution in [0, 0.1) is 0 Å². The minimum absolute atomic E-state index is 0.0116. The maximum Gasteiger partial charge on any atom is 0.417 e. The molecular weight excluding hydrogens is 445 g/mol. The second kappa shape index (κ2) is 7.07. The fourth-order valence-corrected chi connectivity index (χ4v) is 5.41. The monoisotopic (exact) mass is 467 g/mol. The highest BCUT2D eigenvalue weighted by Gasteiger charge is 2.55. The molecule has 2 heterocycles. The fourth-order valence-electron chi connectivity index (χ4n) is 5.41. The van der Waals surface area contributed by atoms with Crippen LogP contribution in [-0.4, -0.2) is 25.0 Å². The minimum atomic E-state index is -4.51. The highest BCUT2D eigenvalue weighted by Crippen LogP contribution is 2.58. The first kappa shape index (κ1) is 22.0. The number of halogens is 5. The number of hydrogen-bond donors (Lipinski definition) is 0. The van der Waals surface area contributed by atoms with Crippen molar-refractivity contribution in [2.45, 2.75) is 68.4 Å². The zero-order chi connectivity index (χ0) is 23.6. The van der Waals surface area contributed by atoms with Crippen molar-refractivity contribution in [3.8, 4) is 11.4 Å². The molecule has 6 nitrogen and oxygen atoms in total. The molecule has 6 rings (SSSR count). The van der Waals surface area contributed by atoms with Gasteiger partial charge in [-0.05, 0) is 44.6 Å². The molecule has 0 spiro atoms. The lowest BCUT2D eigenvalue weighted by molar-refractivity contribution is -0.137. The Labute approximate surface area is 186 Å². The summed E-state index contributed by atoms with van der Waals surface area (Å²) in [5.74, 6) is -2.83. The van der Waals surface area contributed by atoms with Gasteiger partial charge in [-0.3, -0.25) is 0 Å². The lowest BCUT2D eigenvalue weighted by atomic mass is 9.53. The highest BCUT2D eigenvalue weighted by atomic mass is 19.4. The zero-order valence-corrected chi connectivity index (χ0v) is 18.1. The van der Waals surface area contributed by atoms with Crippen LogP contribution in [0.2, 0.25) is 0 Å². The lowest BCUT2D eigenvalue weighted by Crippen LogP contribution is -2.47. The van der Waals surface area contributed by atoms with Gasteiger partial charge in [0.2, 0.25) is 5.89 Å². The number of rotatable bonds is 4. The van der Waals surface area contributed by atoms with Gasteiger partial charge in [0.15, 0.2) is 5.82 Å². The van der Waals surface area contributed by atoms with Crippen LogP contribution in [-0.2, 0) is 30.0 Å². The molecule has 0 radical (unpaired) electrons. The summed E-state index contributed by atoms with van der Waals surface area (Å²) in [7, 11) is 1.69. The average molecular weight is 467 g/mol. The van der Waals surface area contributed by atoms with E-state index in [0.717, 1.165) is 13.0 Å². The summed E-state index contributed by atoms with van der Waals surface area (Å²) in [6, 6.07) is 5.33. The third kappa shape index (κ3) is 3.43. The first-order valence-electron chi connectivity index (χ1n) is 10.7. The van der Waals surface area contributed by atoms with Gasteiger partial charge >= 0.3 is 12.1 Å². The smallest absolute Gasteiger partial charge is 0.417 e. The third-order valence-electron chi connectivity index (χ3n) is 7.32. The van der Waals surface area contributed by atoms with Crippen molar-refractivity contribution in [1.82, 2.24) is 25.0 Å². The zero-order valence-electron chi connectivity index (χ0n) is 18.1. The Morgan fingerprint density at radius 2 is 1.45 bits per heavy atom. The van der Waals surface area contributed by atoms with Gasteiger partial charge in [-0.2, -0.15) is 22.0 Å². The molecule has 33 heavy (non-hydrogen) atoms. The van der Waals surface area contributed by atoms with E-state index in [0.29, 0.717) is 44.3 Å². The Hall–Kier alpha value is -2.85. The minimum Gasteiger partial charge on any atom is -0.419 e. The van der Waals surface area contributed by atoms with Crippen LogP contribution < -0.4 is 0 Å². The summed E-state index contributed by atoms with van der Waals surface area (Å²) in [6.45, 7) is 0.720. The molecule has 0 unspecified atom stereocenters. The van der Waals surface area contributed by atoms with Crippen molar-refractivity contribution in [2.75, 3.05) is 0 Å². The van der Waals surface area contributed by atoms with Gasteiger partial charge < -0.3 is 8.98 Å². The Morgan fingerprint density at radius 1 is 0.848 bits per heavy atom. The quantitative estimate of drug-likeness (QED) is 0.472. The summed E-state index contributed by atoms with van der Waals surface area (Å²) in [6.07, 6.45) is -0.531. The van der Waals surface area contributed by atoms with Crippen molar-refractivity contribution in [3.05, 3.63) is 47.4 Å². The molecule has 0 N–H and O–H groups in total. The van der Waals surface area contributed by atoms with Crippen LogP contribution in [0.4, 0.5) is 22.0 Å². The van der Waals surface area contributed by atoms with Crippen LogP contribution in [0.3, 0.4) is 0 Å². The molecule has 3 fully saturated rings. The predicted octanol–water partition coefficient (Wildman–Crippen LogP) is 5.54. The second-order valence-corrected chi connectivity index (χ2v) is 9.31. The maximum atomic E-state index is 13.6. The molecule has 1 aromatic carbocycles. The molecule has 3 aromatic rings. The van der Waals surface area contributed by atoms with Gasteiger partial charge in [0, 0.05) is 30.4 Å². The molecule has 0 atom stereocenters. The summed E-state index contributed by atoms with van der Waals surface area (Å²) < 4.78 is 74.7. The number of alkyl halides is 5. The highest BCUT2D eigenvalue weighted by molar-refractivity contribution is 5.61. The van der Waals surface area contributed by atoms with Crippen LogP contribution in [0.25, 0.3) is 11.4 Å². The fraction of sp³-hybridized carbons (Fsp3) is 0.545. The summed E-state index contributed by atoms with van der Waals surface area (Å²) in [5, 5.41) is 15.9. The van der Waals surface area contributed by atoms with E-state index < -0.39 is 29.0 Å². The van der Waals surface area contributed by atoms with Crippen LogP contribution in [0.5, 0.6) is 0 Å². The number of hydrogen-bond acceptors (Lipinski definition) is 5. The maximum absolute atomic E-state index is 13.6. The summed E-state index contributed by atoms with van der Waals surface area (Å²) in [4.78, 5) is 0. The van der Waals surface area contributed by atoms with E-state index >= 15 is 0 Å². The molecule has 0 saturated heterocycles. The average Bonchev–Trinajstić information content (AvgIpc) is 3.42. The standard InChI is InChI=1S/C22H22F5N5O/c1-19(23,24)17-30-31-18(33-17)21-10-7-20(8-11-21,9-12-21)16-29-28-15(32(16)2)13-5-3-4-6-14(13)22(25,26)27/h3-6H,7-12H2,1-2H3. The van der Waals surface area contributed by atoms with Crippen LogP contribution in [0.1, 0.15) is 68.6 Å². The molecule has 3 saturated carbocycles. The second-order valence-electron chi connectivity index (χ2n) is 9.31. The topological polar surface area (TPSA) is 69.6 Å². The summed E-state index contributed by atoms with van der Waals surface area (Å²) in [5.41, 5.74) is -1.56.